The van der Waals surface area contributed by atoms with Crippen LogP contribution in [0.4, 0.5) is 0 Å². The summed E-state index contributed by atoms with van der Waals surface area (Å²) in [5.41, 5.74) is -1.76. The number of nitrogens with one attached hydrogen (secondary N) is 1. The predicted molar refractivity (Wildman–Crippen MR) is 127 cm³/mol. The van der Waals surface area contributed by atoms with E-state index in [-0.39, 0.29) is 35.0 Å². The third-order valence-corrected chi connectivity index (χ3v) is 5.87. The summed E-state index contributed by atoms with van der Waals surface area (Å²) in [6.45, 7) is 5.44. The number of rotatable bonds is 6. The molecule has 9 nitrogen and oxygen atoms in total. The molecular weight excluding hydrogens is 448 g/mol. The highest BCUT2D eigenvalue weighted by molar-refractivity contribution is 6.03. The molecule has 0 bridgehead atoms. The van der Waals surface area contributed by atoms with Crippen molar-refractivity contribution in [1.82, 2.24) is 15.3 Å². The lowest BCUT2D eigenvalue weighted by Crippen LogP contribution is -2.50. The van der Waals surface area contributed by atoms with Crippen molar-refractivity contribution < 1.29 is 24.2 Å². The average Bonchev–Trinajstić information content (AvgIpc) is 2.78. The van der Waals surface area contributed by atoms with E-state index in [0.717, 1.165) is 6.42 Å². The van der Waals surface area contributed by atoms with Gasteiger partial charge in [0.15, 0.2) is 11.4 Å². The van der Waals surface area contributed by atoms with Gasteiger partial charge in [0, 0.05) is 23.5 Å². The van der Waals surface area contributed by atoms with Crippen LogP contribution in [0, 0.1) is 16.7 Å². The van der Waals surface area contributed by atoms with Crippen LogP contribution in [0.3, 0.4) is 0 Å². The minimum atomic E-state index is -0.800. The zero-order valence-corrected chi connectivity index (χ0v) is 19.8. The van der Waals surface area contributed by atoms with Gasteiger partial charge >= 0.3 is 5.97 Å². The Labute approximate surface area is 202 Å². The van der Waals surface area contributed by atoms with E-state index in [1.807, 2.05) is 6.07 Å². The molecule has 2 aromatic heterocycles. The van der Waals surface area contributed by atoms with Crippen LogP contribution in [-0.4, -0.2) is 39.1 Å². The second-order valence-electron chi connectivity index (χ2n) is 9.59. The quantitative estimate of drug-likeness (QED) is 0.507. The number of ether oxygens (including phenoxy) is 2. The number of amides is 1. The summed E-state index contributed by atoms with van der Waals surface area (Å²) in [7, 11) is 0. The highest BCUT2D eigenvalue weighted by Crippen LogP contribution is 2.42. The first kappa shape index (κ1) is 24.0. The van der Waals surface area contributed by atoms with Crippen molar-refractivity contribution in [3.05, 3.63) is 54.1 Å². The molecule has 1 aromatic carbocycles. The van der Waals surface area contributed by atoms with Crippen molar-refractivity contribution in [3.63, 3.8) is 0 Å². The molecule has 1 aliphatic carbocycles. The van der Waals surface area contributed by atoms with Gasteiger partial charge in [0.1, 0.15) is 28.9 Å². The topological polar surface area (TPSA) is 134 Å². The summed E-state index contributed by atoms with van der Waals surface area (Å²) < 4.78 is 11.3. The Bertz CT molecular complexity index is 1320. The van der Waals surface area contributed by atoms with E-state index in [0.29, 0.717) is 29.7 Å². The van der Waals surface area contributed by atoms with E-state index in [4.69, 9.17) is 9.47 Å². The van der Waals surface area contributed by atoms with Gasteiger partial charge < -0.3 is 19.9 Å². The Kier molecular flexibility index (Phi) is 6.31. The number of nitriles is 1. The lowest BCUT2D eigenvalue weighted by atomic mass is 9.68. The van der Waals surface area contributed by atoms with E-state index >= 15 is 0 Å². The molecule has 3 aromatic rings. The van der Waals surface area contributed by atoms with Gasteiger partial charge in [0.25, 0.3) is 5.91 Å². The predicted octanol–water partition coefficient (Wildman–Crippen LogP) is 4.24. The largest absolute Gasteiger partial charge is 0.505 e. The lowest BCUT2D eigenvalue weighted by molar-refractivity contribution is -0.172. The highest BCUT2D eigenvalue weighted by Gasteiger charge is 2.47. The number of esters is 1. The second-order valence-corrected chi connectivity index (χ2v) is 9.59. The Hall–Kier alpha value is -4.19. The van der Waals surface area contributed by atoms with Crippen molar-refractivity contribution in [2.24, 2.45) is 5.41 Å². The number of hydrogen-bond acceptors (Lipinski definition) is 8. The first-order chi connectivity index (χ1) is 16.6. The van der Waals surface area contributed by atoms with Gasteiger partial charge in [-0.3, -0.25) is 14.6 Å². The van der Waals surface area contributed by atoms with E-state index in [1.54, 1.807) is 63.5 Å². The molecule has 180 valence electrons. The minimum absolute atomic E-state index is 0.0370. The Morgan fingerprint density at radius 3 is 2.57 bits per heavy atom. The number of pyridine rings is 2. The molecule has 2 N–H and O–H groups in total. The molecule has 0 radical (unpaired) electrons. The number of hydrogen-bond donors (Lipinski definition) is 2. The van der Waals surface area contributed by atoms with Crippen LogP contribution < -0.4 is 10.1 Å². The van der Waals surface area contributed by atoms with Crippen LogP contribution in [0.5, 0.6) is 17.2 Å². The maximum atomic E-state index is 13.0. The van der Waals surface area contributed by atoms with Crippen LogP contribution in [0.1, 0.15) is 56.2 Å². The van der Waals surface area contributed by atoms with Crippen LogP contribution in [-0.2, 0) is 9.53 Å². The molecule has 35 heavy (non-hydrogen) atoms. The minimum Gasteiger partial charge on any atom is -0.505 e. The molecule has 9 heteroatoms. The smallest absolute Gasteiger partial charge is 0.314 e. The average molecular weight is 475 g/mol. The van der Waals surface area contributed by atoms with Gasteiger partial charge in [0.05, 0.1) is 11.6 Å². The molecule has 0 spiro atoms. The zero-order valence-electron chi connectivity index (χ0n) is 19.8. The number of carbonyl (C=O) groups is 2. The van der Waals surface area contributed by atoms with Crippen molar-refractivity contribution in [1.29, 1.82) is 5.26 Å². The maximum absolute atomic E-state index is 13.0. The Morgan fingerprint density at radius 2 is 1.97 bits per heavy atom. The molecule has 0 saturated heterocycles. The standard InChI is InChI=1S/C26H26N4O5/c1-25(2,3)35-24(33)26(9-5-10-26)15-29-23(32)21-22(31)18-8-7-16(12-19(18)20(13-27)30-21)34-17-6-4-11-28-14-17/h4,6-8,11-12,14,31H,5,9-10,15H2,1-3H3,(H,29,32). The van der Waals surface area contributed by atoms with Gasteiger partial charge in [-0.25, -0.2) is 4.98 Å². The fourth-order valence-electron chi connectivity index (χ4n) is 3.91. The molecule has 1 saturated carbocycles. The summed E-state index contributed by atoms with van der Waals surface area (Å²) in [4.78, 5) is 33.8. The fourth-order valence-corrected chi connectivity index (χ4v) is 3.91. The molecule has 1 aliphatic rings. The Morgan fingerprint density at radius 1 is 1.20 bits per heavy atom. The van der Waals surface area contributed by atoms with Crippen molar-refractivity contribution >= 4 is 22.6 Å². The van der Waals surface area contributed by atoms with Crippen LogP contribution in [0.2, 0.25) is 0 Å². The van der Waals surface area contributed by atoms with Gasteiger partial charge in [-0.2, -0.15) is 5.26 Å². The van der Waals surface area contributed by atoms with Crippen molar-refractivity contribution in [2.45, 2.75) is 45.6 Å². The number of carbonyl (C=O) groups excluding carboxylic acids is 2. The zero-order chi connectivity index (χ0) is 25.2. The lowest BCUT2D eigenvalue weighted by Gasteiger charge is -2.41. The summed E-state index contributed by atoms with van der Waals surface area (Å²) in [5, 5.41) is 23.8. The first-order valence-electron chi connectivity index (χ1n) is 11.3. The van der Waals surface area contributed by atoms with E-state index in [2.05, 4.69) is 15.3 Å². The SMILES string of the molecule is CC(C)(C)OC(=O)C1(CNC(=O)c2nc(C#N)c3cc(Oc4cccnc4)ccc3c2O)CCC1. The molecule has 1 fully saturated rings. The number of aromatic nitrogens is 2. The number of nitrogens with zero attached hydrogens (tertiary/aromatic N) is 3. The van der Waals surface area contributed by atoms with Crippen LogP contribution in [0.15, 0.2) is 42.7 Å². The van der Waals surface area contributed by atoms with Gasteiger partial charge in [-0.15, -0.1) is 0 Å². The normalized spacial score (nSPS) is 14.5. The summed E-state index contributed by atoms with van der Waals surface area (Å²) in [5.74, 6) is -0.458. The molecule has 2 heterocycles. The van der Waals surface area contributed by atoms with E-state index in [9.17, 15) is 20.0 Å². The number of aromatic hydroxyl groups is 1. The highest BCUT2D eigenvalue weighted by atomic mass is 16.6. The molecule has 0 unspecified atom stereocenters. The monoisotopic (exact) mass is 474 g/mol. The third-order valence-electron chi connectivity index (χ3n) is 5.87. The summed E-state index contributed by atoms with van der Waals surface area (Å²) >= 11 is 0. The van der Waals surface area contributed by atoms with Gasteiger partial charge in [-0.05, 0) is 63.9 Å². The summed E-state index contributed by atoms with van der Waals surface area (Å²) in [6.07, 6.45) is 5.22. The third kappa shape index (κ3) is 5.01. The van der Waals surface area contributed by atoms with Crippen molar-refractivity contribution in [3.8, 4) is 23.3 Å². The maximum Gasteiger partial charge on any atom is 0.314 e. The second kappa shape index (κ2) is 9.22. The molecule has 0 aliphatic heterocycles. The van der Waals surface area contributed by atoms with Crippen molar-refractivity contribution in [2.75, 3.05) is 6.54 Å². The molecular formula is C26H26N4O5. The van der Waals surface area contributed by atoms with Crippen LogP contribution >= 0.6 is 0 Å². The molecule has 1 amide bonds. The number of fused-ring (bicyclic) bond motifs is 1. The first-order valence-corrected chi connectivity index (χ1v) is 11.3. The molecule has 4 rings (SSSR count). The molecule has 0 atom stereocenters. The summed E-state index contributed by atoms with van der Waals surface area (Å²) in [6, 6.07) is 10.2. The van der Waals surface area contributed by atoms with E-state index < -0.39 is 16.9 Å². The van der Waals surface area contributed by atoms with E-state index in [1.165, 1.54) is 0 Å². The van der Waals surface area contributed by atoms with Crippen LogP contribution in [0.25, 0.3) is 10.8 Å². The number of benzene rings is 1. The fraction of sp³-hybridized carbons (Fsp3) is 0.346. The van der Waals surface area contributed by atoms with Gasteiger partial charge in [0.2, 0.25) is 0 Å². The van der Waals surface area contributed by atoms with Gasteiger partial charge in [-0.1, -0.05) is 6.42 Å². The Balaban J connectivity index is 1.57.